The first-order valence-corrected chi connectivity index (χ1v) is 4.65. The van der Waals surface area contributed by atoms with Crippen molar-refractivity contribution in [3.05, 3.63) is 41.2 Å². The number of benzene rings is 1. The van der Waals surface area contributed by atoms with Crippen LogP contribution >= 0.6 is 0 Å². The monoisotopic (exact) mass is 191 g/mol. The summed E-state index contributed by atoms with van der Waals surface area (Å²) in [4.78, 5) is 0. The topological polar surface area (TPSA) is 23.9 Å². The van der Waals surface area contributed by atoms with Crippen LogP contribution in [-0.2, 0) is 6.42 Å². The normalized spacial score (nSPS) is 10.8. The molecule has 0 saturated carbocycles. The van der Waals surface area contributed by atoms with Crippen LogP contribution in [0.2, 0.25) is 0 Å². The van der Waals surface area contributed by atoms with Gasteiger partial charge in [0.2, 0.25) is 0 Å². The number of hydrogen-bond donors (Lipinski definition) is 1. The summed E-state index contributed by atoms with van der Waals surface area (Å²) in [7, 11) is 0. The minimum atomic E-state index is -0.221. The van der Waals surface area contributed by atoms with Crippen molar-refractivity contribution in [2.75, 3.05) is 0 Å². The molecule has 0 bridgehead atoms. The summed E-state index contributed by atoms with van der Waals surface area (Å²) in [6.07, 6.45) is 4.05. The summed E-state index contributed by atoms with van der Waals surface area (Å²) in [6, 6.07) is 5.19. The van der Waals surface area contributed by atoms with Gasteiger partial charge in [-0.05, 0) is 31.1 Å². The van der Waals surface area contributed by atoms with E-state index in [2.05, 4.69) is 0 Å². The lowest BCUT2D eigenvalue weighted by Gasteiger charge is -2.00. The van der Waals surface area contributed by atoms with E-state index in [1.54, 1.807) is 31.2 Å². The van der Waals surface area contributed by atoms with Gasteiger partial charge in [0.25, 0.3) is 0 Å². The van der Waals surface area contributed by atoms with E-state index in [1.165, 1.54) is 0 Å². The van der Waals surface area contributed by atoms with Gasteiger partial charge in [-0.25, -0.2) is 4.39 Å². The fourth-order valence-electron chi connectivity index (χ4n) is 1.14. The van der Waals surface area contributed by atoms with Crippen molar-refractivity contribution in [2.24, 2.45) is 0 Å². The summed E-state index contributed by atoms with van der Waals surface area (Å²) in [6.45, 7) is 3.65. The van der Waals surface area contributed by atoms with Gasteiger partial charge in [0, 0.05) is 11.3 Å². The molecule has 0 unspecified atom stereocenters. The van der Waals surface area contributed by atoms with Crippen molar-refractivity contribution >= 4 is 11.8 Å². The second-order valence-corrected chi connectivity index (χ2v) is 3.23. The largest absolute Gasteiger partial charge is 0.306 e. The molecule has 14 heavy (non-hydrogen) atoms. The zero-order valence-electron chi connectivity index (χ0n) is 8.47. The molecule has 0 spiro atoms. The number of halogens is 1. The highest BCUT2D eigenvalue weighted by Crippen LogP contribution is 2.12. The molecule has 0 aromatic heterocycles. The Morgan fingerprint density at radius 1 is 1.50 bits per heavy atom. The molecule has 1 aromatic rings. The average molecular weight is 191 g/mol. The molecule has 0 heterocycles. The van der Waals surface area contributed by atoms with Crippen LogP contribution in [0, 0.1) is 11.2 Å². The van der Waals surface area contributed by atoms with Gasteiger partial charge in [-0.15, -0.1) is 0 Å². The number of hydrogen-bond acceptors (Lipinski definition) is 1. The van der Waals surface area contributed by atoms with Gasteiger partial charge in [-0.1, -0.05) is 25.1 Å². The maximum absolute atomic E-state index is 13.4. The number of nitrogens with one attached hydrogen (secondary N) is 1. The Hall–Kier alpha value is -1.44. The Kier molecular flexibility index (Phi) is 3.57. The molecule has 0 radical (unpaired) electrons. The van der Waals surface area contributed by atoms with Crippen molar-refractivity contribution in [3.63, 3.8) is 0 Å². The zero-order chi connectivity index (χ0) is 10.6. The molecule has 0 aliphatic heterocycles. The maximum atomic E-state index is 13.4. The molecule has 1 N–H and O–H groups in total. The number of aryl methyl sites for hydroxylation is 1. The van der Waals surface area contributed by atoms with Gasteiger partial charge in [0.15, 0.2) is 0 Å². The van der Waals surface area contributed by atoms with Crippen molar-refractivity contribution < 1.29 is 4.39 Å². The highest BCUT2D eigenvalue weighted by molar-refractivity contribution is 5.93. The van der Waals surface area contributed by atoms with Gasteiger partial charge in [0.1, 0.15) is 5.82 Å². The second kappa shape index (κ2) is 4.70. The molecule has 2 heteroatoms. The predicted molar refractivity (Wildman–Crippen MR) is 58.2 cm³/mol. The molecule has 1 rings (SSSR count). The SMILES string of the molecule is CCc1ccc(/C=C/C(C)=N)c(F)c1. The average Bonchev–Trinajstić information content (AvgIpc) is 2.15. The van der Waals surface area contributed by atoms with Gasteiger partial charge in [-0.3, -0.25) is 0 Å². The lowest BCUT2D eigenvalue weighted by molar-refractivity contribution is 0.623. The van der Waals surface area contributed by atoms with Crippen molar-refractivity contribution in [1.29, 1.82) is 5.41 Å². The highest BCUT2D eigenvalue weighted by atomic mass is 19.1. The van der Waals surface area contributed by atoms with Crippen LogP contribution in [-0.4, -0.2) is 5.71 Å². The van der Waals surface area contributed by atoms with E-state index in [1.807, 2.05) is 13.0 Å². The summed E-state index contributed by atoms with van der Waals surface area (Å²) in [5.74, 6) is -0.221. The van der Waals surface area contributed by atoms with Crippen LogP contribution < -0.4 is 0 Å². The summed E-state index contributed by atoms with van der Waals surface area (Å²) < 4.78 is 13.4. The van der Waals surface area contributed by atoms with Crippen molar-refractivity contribution in [2.45, 2.75) is 20.3 Å². The van der Waals surface area contributed by atoms with Crippen molar-refractivity contribution in [3.8, 4) is 0 Å². The van der Waals surface area contributed by atoms with E-state index in [0.29, 0.717) is 11.3 Å². The number of allylic oxidation sites excluding steroid dienone is 1. The Morgan fingerprint density at radius 3 is 2.71 bits per heavy atom. The molecule has 0 aliphatic rings. The molecule has 0 aliphatic carbocycles. The van der Waals surface area contributed by atoms with E-state index in [-0.39, 0.29) is 5.82 Å². The molecule has 0 amide bonds. The lowest BCUT2D eigenvalue weighted by atomic mass is 10.1. The van der Waals surface area contributed by atoms with E-state index in [4.69, 9.17) is 5.41 Å². The third-order valence-electron chi connectivity index (χ3n) is 1.99. The molecular weight excluding hydrogens is 177 g/mol. The Labute approximate surface area is 83.8 Å². The van der Waals surface area contributed by atoms with E-state index in [9.17, 15) is 4.39 Å². The minimum absolute atomic E-state index is 0.221. The summed E-state index contributed by atoms with van der Waals surface area (Å²) >= 11 is 0. The molecular formula is C12H14FN. The number of rotatable bonds is 3. The van der Waals surface area contributed by atoms with Crippen LogP contribution in [0.3, 0.4) is 0 Å². The smallest absolute Gasteiger partial charge is 0.130 e. The molecule has 0 saturated heterocycles. The highest BCUT2D eigenvalue weighted by Gasteiger charge is 1.98. The van der Waals surface area contributed by atoms with Crippen LogP contribution in [0.15, 0.2) is 24.3 Å². The Bertz CT molecular complexity index is 367. The summed E-state index contributed by atoms with van der Waals surface area (Å²) in [5, 5.41) is 7.18. The van der Waals surface area contributed by atoms with Crippen LogP contribution in [0.25, 0.3) is 6.08 Å². The van der Waals surface area contributed by atoms with E-state index >= 15 is 0 Å². The fourth-order valence-corrected chi connectivity index (χ4v) is 1.14. The molecule has 1 nitrogen and oxygen atoms in total. The van der Waals surface area contributed by atoms with Gasteiger partial charge < -0.3 is 5.41 Å². The predicted octanol–water partition coefficient (Wildman–Crippen LogP) is 3.44. The second-order valence-electron chi connectivity index (χ2n) is 3.23. The molecule has 0 fully saturated rings. The molecule has 1 aromatic carbocycles. The molecule has 0 atom stereocenters. The fraction of sp³-hybridized carbons (Fsp3) is 0.250. The van der Waals surface area contributed by atoms with E-state index < -0.39 is 0 Å². The van der Waals surface area contributed by atoms with Crippen LogP contribution in [0.4, 0.5) is 4.39 Å². The zero-order valence-corrected chi connectivity index (χ0v) is 8.47. The van der Waals surface area contributed by atoms with Crippen molar-refractivity contribution in [1.82, 2.24) is 0 Å². The summed E-state index contributed by atoms with van der Waals surface area (Å²) in [5.41, 5.74) is 1.95. The Morgan fingerprint density at radius 2 is 2.21 bits per heavy atom. The maximum Gasteiger partial charge on any atom is 0.130 e. The quantitative estimate of drug-likeness (QED) is 0.708. The minimum Gasteiger partial charge on any atom is -0.306 e. The van der Waals surface area contributed by atoms with Gasteiger partial charge >= 0.3 is 0 Å². The standard InChI is InChI=1S/C12H14FN/c1-3-10-5-7-11(12(13)8-10)6-4-9(2)14/h4-8,14H,3H2,1-2H3/b6-4+,14-9?. The lowest BCUT2D eigenvalue weighted by Crippen LogP contribution is -1.87. The molecule has 74 valence electrons. The van der Waals surface area contributed by atoms with Crippen LogP contribution in [0.1, 0.15) is 25.0 Å². The first-order valence-electron chi connectivity index (χ1n) is 4.65. The van der Waals surface area contributed by atoms with Gasteiger partial charge in [0.05, 0.1) is 0 Å². The van der Waals surface area contributed by atoms with E-state index in [0.717, 1.165) is 12.0 Å². The van der Waals surface area contributed by atoms with Gasteiger partial charge in [-0.2, -0.15) is 0 Å². The third kappa shape index (κ3) is 2.80. The Balaban J connectivity index is 2.94. The third-order valence-corrected chi connectivity index (χ3v) is 1.99. The van der Waals surface area contributed by atoms with Crippen LogP contribution in [0.5, 0.6) is 0 Å². The first kappa shape index (κ1) is 10.6. The first-order chi connectivity index (χ1) is 6.63.